The lowest BCUT2D eigenvalue weighted by molar-refractivity contribution is -0.121. The van der Waals surface area contributed by atoms with Gasteiger partial charge in [0.1, 0.15) is 0 Å². The number of amides is 1. The number of aldehydes is 1. The number of carbonyl (C=O) groups excluding carboxylic acids is 3. The molecule has 142 valence electrons. The van der Waals surface area contributed by atoms with Gasteiger partial charge in [0.2, 0.25) is 0 Å². The average molecular weight is 361 g/mol. The van der Waals surface area contributed by atoms with Crippen molar-refractivity contribution in [1.82, 2.24) is 10.4 Å². The number of allylic oxidation sites excluding steroid dienone is 1. The molecule has 7 heteroatoms. The maximum absolute atomic E-state index is 12.0. The number of nitrogens with zero attached hydrogens (tertiary/aromatic N) is 1. The Kier molecular flexibility index (Phi) is 7.99. The quantitative estimate of drug-likeness (QED) is 0.476. The van der Waals surface area contributed by atoms with Gasteiger partial charge in [-0.3, -0.25) is 19.8 Å². The maximum Gasteiger partial charge on any atom is 0.285 e. The molecule has 1 aromatic rings. The van der Waals surface area contributed by atoms with Crippen LogP contribution in [0.25, 0.3) is 0 Å². The summed E-state index contributed by atoms with van der Waals surface area (Å²) in [5.74, 6) is 0.250. The van der Waals surface area contributed by atoms with E-state index >= 15 is 0 Å². The minimum atomic E-state index is -0.513. The van der Waals surface area contributed by atoms with Gasteiger partial charge in [-0.05, 0) is 25.0 Å². The van der Waals surface area contributed by atoms with Crippen LogP contribution in [-0.4, -0.2) is 37.1 Å². The van der Waals surface area contributed by atoms with E-state index in [4.69, 9.17) is 4.74 Å². The predicted octanol–water partition coefficient (Wildman–Crippen LogP) is 2.75. The number of ether oxygens (including phenoxy) is 1. The molecule has 0 aromatic heterocycles. The highest BCUT2D eigenvalue weighted by molar-refractivity contribution is 6.04. The van der Waals surface area contributed by atoms with E-state index in [2.05, 4.69) is 31.5 Å². The highest BCUT2D eigenvalue weighted by Gasteiger charge is 2.27. The summed E-state index contributed by atoms with van der Waals surface area (Å²) in [5.41, 5.74) is 3.30. The average Bonchev–Trinajstić information content (AvgIpc) is 2.59. The van der Waals surface area contributed by atoms with Crippen molar-refractivity contribution in [2.24, 2.45) is 5.92 Å². The lowest BCUT2D eigenvalue weighted by atomic mass is 10.1. The van der Waals surface area contributed by atoms with Gasteiger partial charge in [0, 0.05) is 14.1 Å². The summed E-state index contributed by atoms with van der Waals surface area (Å²) in [5, 5.41) is 4.28. The minimum Gasteiger partial charge on any atom is -0.449 e. The molecular weight excluding hydrogens is 334 g/mol. The van der Waals surface area contributed by atoms with Crippen molar-refractivity contribution < 1.29 is 19.1 Å². The Morgan fingerprint density at radius 2 is 1.92 bits per heavy atom. The number of para-hydroxylation sites is 1. The smallest absolute Gasteiger partial charge is 0.285 e. The zero-order valence-corrected chi connectivity index (χ0v) is 16.2. The zero-order valence-electron chi connectivity index (χ0n) is 16.2. The van der Waals surface area contributed by atoms with E-state index < -0.39 is 5.91 Å². The summed E-state index contributed by atoms with van der Waals surface area (Å²) in [4.78, 5) is 34.8. The molecule has 7 nitrogen and oxygen atoms in total. The van der Waals surface area contributed by atoms with Crippen LogP contribution in [0.3, 0.4) is 0 Å². The van der Waals surface area contributed by atoms with E-state index in [9.17, 15) is 14.4 Å². The molecule has 0 aliphatic carbocycles. The summed E-state index contributed by atoms with van der Waals surface area (Å²) >= 11 is 0. The van der Waals surface area contributed by atoms with Crippen LogP contribution >= 0.6 is 0 Å². The summed E-state index contributed by atoms with van der Waals surface area (Å²) in [6.07, 6.45) is 1.73. The van der Waals surface area contributed by atoms with Crippen LogP contribution in [-0.2, 0) is 9.59 Å². The van der Waals surface area contributed by atoms with Crippen molar-refractivity contribution >= 4 is 23.7 Å². The number of ketones is 1. The fourth-order valence-electron chi connectivity index (χ4n) is 1.89. The van der Waals surface area contributed by atoms with Crippen molar-refractivity contribution in [3.8, 4) is 5.75 Å². The Hall–Kier alpha value is -2.67. The molecular formula is C19H27N3O4. The van der Waals surface area contributed by atoms with Gasteiger partial charge in [0.05, 0.1) is 11.3 Å². The number of hydrazine groups is 1. The molecule has 26 heavy (non-hydrogen) atoms. The third-order valence-electron chi connectivity index (χ3n) is 3.59. The standard InChI is InChI=1S/C14H15N3O4.C5H12/c1-8(19)9-5-4-6-10-13(9)21-11(7-18)12(15-10)14(20)16-17(2)3;1-4-5(2)3/h4-7,15H,1-3H3,(H,16,20);5H,4H2,1-3H3. The lowest BCUT2D eigenvalue weighted by Crippen LogP contribution is -2.40. The van der Waals surface area contributed by atoms with Crippen LogP contribution in [0.15, 0.2) is 29.7 Å². The van der Waals surface area contributed by atoms with Gasteiger partial charge in [-0.1, -0.05) is 33.3 Å². The van der Waals surface area contributed by atoms with Gasteiger partial charge in [0.15, 0.2) is 29.3 Å². The molecule has 0 radical (unpaired) electrons. The molecule has 1 heterocycles. The molecule has 0 atom stereocenters. The molecule has 0 unspecified atom stereocenters. The molecule has 0 saturated heterocycles. The van der Waals surface area contributed by atoms with Crippen LogP contribution in [0, 0.1) is 5.92 Å². The molecule has 1 amide bonds. The molecule has 2 rings (SSSR count). The van der Waals surface area contributed by atoms with Gasteiger partial charge in [0.25, 0.3) is 5.91 Å². The number of rotatable bonds is 5. The monoisotopic (exact) mass is 361 g/mol. The number of benzene rings is 1. The second-order valence-electron chi connectivity index (χ2n) is 6.46. The Labute approximate surface area is 154 Å². The highest BCUT2D eigenvalue weighted by atomic mass is 16.5. The van der Waals surface area contributed by atoms with Crippen molar-refractivity contribution in [3.63, 3.8) is 0 Å². The van der Waals surface area contributed by atoms with E-state index in [0.717, 1.165) is 5.92 Å². The molecule has 0 spiro atoms. The van der Waals surface area contributed by atoms with E-state index in [1.54, 1.807) is 32.3 Å². The van der Waals surface area contributed by atoms with E-state index in [1.807, 2.05) is 0 Å². The number of fused-ring (bicyclic) bond motifs is 1. The van der Waals surface area contributed by atoms with Crippen molar-refractivity contribution in [3.05, 3.63) is 35.2 Å². The number of anilines is 1. The van der Waals surface area contributed by atoms with E-state index in [0.29, 0.717) is 17.5 Å². The van der Waals surface area contributed by atoms with Gasteiger partial charge in [-0.15, -0.1) is 0 Å². The number of hydrogen-bond acceptors (Lipinski definition) is 6. The number of carbonyl (C=O) groups is 3. The Balaban J connectivity index is 0.000000597. The van der Waals surface area contributed by atoms with Gasteiger partial charge in [-0.2, -0.15) is 0 Å². The molecule has 0 saturated carbocycles. The summed E-state index contributed by atoms with van der Waals surface area (Å²) in [7, 11) is 3.29. The fourth-order valence-corrected chi connectivity index (χ4v) is 1.89. The third-order valence-corrected chi connectivity index (χ3v) is 3.59. The summed E-state index contributed by atoms with van der Waals surface area (Å²) in [6, 6.07) is 4.92. The van der Waals surface area contributed by atoms with Gasteiger partial charge >= 0.3 is 0 Å². The van der Waals surface area contributed by atoms with Crippen LogP contribution in [0.5, 0.6) is 5.75 Å². The van der Waals surface area contributed by atoms with Crippen molar-refractivity contribution in [1.29, 1.82) is 0 Å². The SMILES string of the molecule is CC(=O)c1cccc2c1OC(C=O)=C(C(=O)NN(C)C)N2.CCC(C)C. The lowest BCUT2D eigenvalue weighted by Gasteiger charge is -2.24. The summed E-state index contributed by atoms with van der Waals surface area (Å²) in [6.45, 7) is 8.04. The van der Waals surface area contributed by atoms with Crippen molar-refractivity contribution in [2.45, 2.75) is 34.1 Å². The van der Waals surface area contributed by atoms with Crippen LogP contribution < -0.4 is 15.5 Å². The first-order valence-electron chi connectivity index (χ1n) is 8.47. The van der Waals surface area contributed by atoms with Crippen LogP contribution in [0.1, 0.15) is 44.5 Å². The predicted molar refractivity (Wildman–Crippen MR) is 101 cm³/mol. The first-order valence-corrected chi connectivity index (χ1v) is 8.47. The van der Waals surface area contributed by atoms with Crippen LogP contribution in [0.4, 0.5) is 5.69 Å². The Bertz CT molecular complexity index is 709. The normalized spacial score (nSPS) is 12.5. The third kappa shape index (κ3) is 5.70. The largest absolute Gasteiger partial charge is 0.449 e. The molecule has 2 N–H and O–H groups in total. The van der Waals surface area contributed by atoms with Crippen LogP contribution in [0.2, 0.25) is 0 Å². The molecule has 1 aromatic carbocycles. The van der Waals surface area contributed by atoms with Crippen molar-refractivity contribution in [2.75, 3.05) is 19.4 Å². The maximum atomic E-state index is 12.0. The van der Waals surface area contributed by atoms with Gasteiger partial charge < -0.3 is 10.1 Å². The number of hydrogen-bond donors (Lipinski definition) is 2. The molecule has 0 bridgehead atoms. The number of Topliss-reactive ketones (excluding diaryl/α,β-unsaturated/α-hetero) is 1. The Morgan fingerprint density at radius 3 is 2.38 bits per heavy atom. The molecule has 1 aliphatic rings. The van der Waals surface area contributed by atoms with E-state index in [1.165, 1.54) is 18.4 Å². The second-order valence-corrected chi connectivity index (χ2v) is 6.46. The first-order chi connectivity index (χ1) is 12.2. The Morgan fingerprint density at radius 1 is 1.31 bits per heavy atom. The molecule has 1 aliphatic heterocycles. The second kappa shape index (κ2) is 9.72. The fraction of sp³-hybridized carbons (Fsp3) is 0.421. The highest BCUT2D eigenvalue weighted by Crippen LogP contribution is 2.35. The first kappa shape index (κ1) is 21.4. The number of nitrogens with one attached hydrogen (secondary N) is 2. The molecule has 0 fully saturated rings. The van der Waals surface area contributed by atoms with Gasteiger partial charge in [-0.25, -0.2) is 5.01 Å². The van der Waals surface area contributed by atoms with E-state index in [-0.39, 0.29) is 23.0 Å². The summed E-state index contributed by atoms with van der Waals surface area (Å²) < 4.78 is 5.44. The minimum absolute atomic E-state index is 0.00750. The zero-order chi connectivity index (χ0) is 19.9. The topological polar surface area (TPSA) is 87.7 Å².